The maximum Gasteiger partial charge on any atom is 0.141 e. The maximum atomic E-state index is 12.8. The van der Waals surface area contributed by atoms with E-state index in [9.17, 15) is 4.39 Å². The first-order valence-electron chi connectivity index (χ1n) is 6.20. The van der Waals surface area contributed by atoms with Crippen molar-refractivity contribution in [1.29, 1.82) is 0 Å². The zero-order valence-corrected chi connectivity index (χ0v) is 10.8. The van der Waals surface area contributed by atoms with E-state index >= 15 is 0 Å². The van der Waals surface area contributed by atoms with Gasteiger partial charge in [-0.05, 0) is 31.0 Å². The van der Waals surface area contributed by atoms with Crippen LogP contribution in [-0.4, -0.2) is 38.5 Å². The predicted octanol–water partition coefficient (Wildman–Crippen LogP) is 1.75. The summed E-state index contributed by atoms with van der Waals surface area (Å²) < 4.78 is 23.0. The van der Waals surface area contributed by atoms with E-state index in [1.165, 1.54) is 12.3 Å². The molecular weight excluding hydrogens is 235 g/mol. The number of nitrogens with zero attached hydrogens (tertiary/aromatic N) is 1. The summed E-state index contributed by atoms with van der Waals surface area (Å²) in [5, 5.41) is 3.24. The van der Waals surface area contributed by atoms with Crippen LogP contribution in [0.1, 0.15) is 18.4 Å². The third-order valence-corrected chi connectivity index (χ3v) is 2.41. The number of hydrogen-bond donors (Lipinski definition) is 1. The van der Waals surface area contributed by atoms with Gasteiger partial charge in [0.15, 0.2) is 0 Å². The lowest BCUT2D eigenvalue weighted by molar-refractivity contribution is 0.0688. The number of methoxy groups -OCH3 is 1. The number of rotatable bonds is 10. The van der Waals surface area contributed by atoms with Gasteiger partial charge >= 0.3 is 0 Å². The second kappa shape index (κ2) is 9.94. The summed E-state index contributed by atoms with van der Waals surface area (Å²) in [5.74, 6) is -0.291. The Labute approximate surface area is 108 Å². The van der Waals surface area contributed by atoms with Gasteiger partial charge in [0, 0.05) is 26.5 Å². The SMILES string of the molecule is COCCOCCCCNCc1cncc(F)c1. The molecule has 1 rings (SSSR count). The molecule has 0 atom stereocenters. The van der Waals surface area contributed by atoms with Crippen molar-refractivity contribution in [2.75, 3.05) is 33.5 Å². The number of hydrogen-bond acceptors (Lipinski definition) is 4. The first-order chi connectivity index (χ1) is 8.83. The standard InChI is InChI=1S/C13H21FN2O2/c1-17-6-7-18-5-3-2-4-15-9-12-8-13(14)11-16-10-12/h8,10-11,15H,2-7,9H2,1H3. The first kappa shape index (κ1) is 15.0. The van der Waals surface area contributed by atoms with E-state index < -0.39 is 0 Å². The second-order valence-corrected chi connectivity index (χ2v) is 4.00. The molecule has 1 N–H and O–H groups in total. The Kier molecular flexibility index (Phi) is 8.29. The predicted molar refractivity (Wildman–Crippen MR) is 67.8 cm³/mol. The lowest BCUT2D eigenvalue weighted by Gasteiger charge is -2.05. The molecule has 0 aliphatic carbocycles. The van der Waals surface area contributed by atoms with E-state index in [-0.39, 0.29) is 5.82 Å². The quantitative estimate of drug-likeness (QED) is 0.648. The van der Waals surface area contributed by atoms with E-state index in [0.717, 1.165) is 31.6 Å². The lowest BCUT2D eigenvalue weighted by Crippen LogP contribution is -2.15. The highest BCUT2D eigenvalue weighted by Gasteiger charge is 1.96. The maximum absolute atomic E-state index is 12.8. The van der Waals surface area contributed by atoms with Crippen LogP contribution in [0.4, 0.5) is 4.39 Å². The fraction of sp³-hybridized carbons (Fsp3) is 0.615. The molecule has 0 aliphatic rings. The molecule has 5 heteroatoms. The summed E-state index contributed by atoms with van der Waals surface area (Å²) in [6, 6.07) is 1.49. The van der Waals surface area contributed by atoms with Gasteiger partial charge in [-0.15, -0.1) is 0 Å². The molecule has 1 aromatic heterocycles. The molecule has 0 fully saturated rings. The van der Waals surface area contributed by atoms with Crippen LogP contribution in [0.3, 0.4) is 0 Å². The number of aromatic nitrogens is 1. The summed E-state index contributed by atoms with van der Waals surface area (Å²) in [5.41, 5.74) is 0.867. The Bertz CT molecular complexity index is 324. The number of ether oxygens (including phenoxy) is 2. The first-order valence-corrected chi connectivity index (χ1v) is 6.20. The molecule has 0 aromatic carbocycles. The molecule has 1 heterocycles. The van der Waals surface area contributed by atoms with Crippen LogP contribution >= 0.6 is 0 Å². The smallest absolute Gasteiger partial charge is 0.141 e. The Morgan fingerprint density at radius 3 is 2.89 bits per heavy atom. The fourth-order valence-electron chi connectivity index (χ4n) is 1.48. The molecule has 18 heavy (non-hydrogen) atoms. The van der Waals surface area contributed by atoms with Crippen molar-refractivity contribution in [1.82, 2.24) is 10.3 Å². The summed E-state index contributed by atoms with van der Waals surface area (Å²) in [4.78, 5) is 3.79. The van der Waals surface area contributed by atoms with Crippen LogP contribution in [0.15, 0.2) is 18.5 Å². The number of pyridine rings is 1. The summed E-state index contributed by atoms with van der Waals surface area (Å²) in [7, 11) is 1.66. The molecule has 0 unspecified atom stereocenters. The highest BCUT2D eigenvalue weighted by atomic mass is 19.1. The molecule has 1 aromatic rings. The van der Waals surface area contributed by atoms with Crippen molar-refractivity contribution >= 4 is 0 Å². The number of unbranched alkanes of at least 4 members (excludes halogenated alkanes) is 1. The minimum Gasteiger partial charge on any atom is -0.382 e. The van der Waals surface area contributed by atoms with Gasteiger partial charge < -0.3 is 14.8 Å². The third-order valence-electron chi connectivity index (χ3n) is 2.41. The van der Waals surface area contributed by atoms with Gasteiger partial charge in [0.05, 0.1) is 19.4 Å². The topological polar surface area (TPSA) is 43.4 Å². The van der Waals surface area contributed by atoms with E-state index in [1.807, 2.05) is 0 Å². The molecular formula is C13H21FN2O2. The van der Waals surface area contributed by atoms with Crippen LogP contribution in [0.25, 0.3) is 0 Å². The molecule has 0 saturated carbocycles. The zero-order valence-electron chi connectivity index (χ0n) is 10.8. The highest BCUT2D eigenvalue weighted by Crippen LogP contribution is 2.00. The van der Waals surface area contributed by atoms with Crippen molar-refractivity contribution in [3.63, 3.8) is 0 Å². The molecule has 0 saturated heterocycles. The zero-order chi connectivity index (χ0) is 13.1. The molecule has 0 spiro atoms. The minimum absolute atomic E-state index is 0.291. The van der Waals surface area contributed by atoms with Gasteiger partial charge in [-0.2, -0.15) is 0 Å². The normalized spacial score (nSPS) is 10.8. The molecule has 4 nitrogen and oxygen atoms in total. The molecule has 0 bridgehead atoms. The molecule has 0 amide bonds. The fourth-order valence-corrected chi connectivity index (χ4v) is 1.48. The largest absolute Gasteiger partial charge is 0.382 e. The van der Waals surface area contributed by atoms with E-state index in [4.69, 9.17) is 9.47 Å². The lowest BCUT2D eigenvalue weighted by atomic mass is 10.2. The van der Waals surface area contributed by atoms with Crippen LogP contribution in [-0.2, 0) is 16.0 Å². The van der Waals surface area contributed by atoms with E-state index in [2.05, 4.69) is 10.3 Å². The van der Waals surface area contributed by atoms with E-state index in [0.29, 0.717) is 19.8 Å². The molecule has 102 valence electrons. The van der Waals surface area contributed by atoms with E-state index in [1.54, 1.807) is 13.3 Å². The minimum atomic E-state index is -0.291. The summed E-state index contributed by atoms with van der Waals surface area (Å²) in [6.07, 6.45) is 4.93. The molecule has 0 radical (unpaired) electrons. The van der Waals surface area contributed by atoms with Gasteiger partial charge in [0.2, 0.25) is 0 Å². The van der Waals surface area contributed by atoms with Gasteiger partial charge in [-0.1, -0.05) is 0 Å². The Morgan fingerprint density at radius 1 is 1.22 bits per heavy atom. The van der Waals surface area contributed by atoms with Crippen molar-refractivity contribution in [2.24, 2.45) is 0 Å². The van der Waals surface area contributed by atoms with Crippen LogP contribution in [0.5, 0.6) is 0 Å². The molecule has 0 aliphatic heterocycles. The van der Waals surface area contributed by atoms with Crippen molar-refractivity contribution < 1.29 is 13.9 Å². The number of halogens is 1. The summed E-state index contributed by atoms with van der Waals surface area (Å²) >= 11 is 0. The Morgan fingerprint density at radius 2 is 2.11 bits per heavy atom. The summed E-state index contributed by atoms with van der Waals surface area (Å²) in [6.45, 7) is 3.59. The second-order valence-electron chi connectivity index (χ2n) is 4.00. The van der Waals surface area contributed by atoms with Gasteiger partial charge in [0.25, 0.3) is 0 Å². The van der Waals surface area contributed by atoms with Crippen molar-refractivity contribution in [3.05, 3.63) is 29.8 Å². The van der Waals surface area contributed by atoms with Crippen LogP contribution in [0.2, 0.25) is 0 Å². The monoisotopic (exact) mass is 256 g/mol. The Hall–Kier alpha value is -1.04. The highest BCUT2D eigenvalue weighted by molar-refractivity contribution is 5.09. The third kappa shape index (κ3) is 7.32. The van der Waals surface area contributed by atoms with Crippen LogP contribution < -0.4 is 5.32 Å². The average molecular weight is 256 g/mol. The van der Waals surface area contributed by atoms with Gasteiger partial charge in [-0.3, -0.25) is 4.98 Å². The van der Waals surface area contributed by atoms with Crippen molar-refractivity contribution in [2.45, 2.75) is 19.4 Å². The Balaban J connectivity index is 1.92. The van der Waals surface area contributed by atoms with Gasteiger partial charge in [-0.25, -0.2) is 4.39 Å². The van der Waals surface area contributed by atoms with Crippen LogP contribution in [0, 0.1) is 5.82 Å². The number of nitrogens with one attached hydrogen (secondary N) is 1. The average Bonchev–Trinajstić information content (AvgIpc) is 2.37. The van der Waals surface area contributed by atoms with Crippen molar-refractivity contribution in [3.8, 4) is 0 Å². The van der Waals surface area contributed by atoms with Gasteiger partial charge in [0.1, 0.15) is 5.82 Å².